The lowest BCUT2D eigenvalue weighted by Gasteiger charge is -2.27. The molecule has 1 amide bonds. The van der Waals surface area contributed by atoms with Gasteiger partial charge in [-0.1, -0.05) is 32.9 Å². The highest BCUT2D eigenvalue weighted by Crippen LogP contribution is 2.40. The van der Waals surface area contributed by atoms with Crippen LogP contribution in [0.5, 0.6) is 11.5 Å². The first-order valence-corrected chi connectivity index (χ1v) is 13.3. The normalized spacial score (nSPS) is 17.2. The number of Topliss-reactive ketones (excluding diaryl/α,β-unsaturated/α-hetero) is 1. The van der Waals surface area contributed by atoms with Crippen LogP contribution in [-0.2, 0) is 9.59 Å². The summed E-state index contributed by atoms with van der Waals surface area (Å²) < 4.78 is 11.5. The number of likely N-dealkylation sites (tertiary alicyclic amines) is 1. The van der Waals surface area contributed by atoms with Gasteiger partial charge in [0.25, 0.3) is 11.7 Å². The maximum Gasteiger partial charge on any atom is 0.295 e. The number of nitrogens with zero attached hydrogens (tertiary/aromatic N) is 2. The Hall–Kier alpha value is -3.32. The van der Waals surface area contributed by atoms with Gasteiger partial charge in [0.15, 0.2) is 0 Å². The standard InChI is InChI=1S/C30H40N2O5/c1-6-19-36-25-12-9-11-23(20-25)27-26(28(33)22-13-15-24(16-14-22)37-21(4)5)29(34)30(35)32(27)18-10-17-31(7-2)8-3/h9,11-16,20-21,27,33H,6-8,10,17-19H2,1-5H3/b28-26+/t27-/m0/s1. The van der Waals surface area contributed by atoms with Crippen LogP contribution < -0.4 is 9.47 Å². The summed E-state index contributed by atoms with van der Waals surface area (Å²) >= 11 is 0. The second kappa shape index (κ2) is 13.3. The van der Waals surface area contributed by atoms with E-state index in [0.717, 1.165) is 38.0 Å². The zero-order valence-corrected chi connectivity index (χ0v) is 22.7. The van der Waals surface area contributed by atoms with Crippen molar-refractivity contribution in [2.45, 2.75) is 59.6 Å². The monoisotopic (exact) mass is 508 g/mol. The van der Waals surface area contributed by atoms with Crippen LogP contribution in [0.2, 0.25) is 0 Å². The van der Waals surface area contributed by atoms with E-state index < -0.39 is 17.7 Å². The summed E-state index contributed by atoms with van der Waals surface area (Å²) in [6.07, 6.45) is 1.60. The van der Waals surface area contributed by atoms with Crippen LogP contribution in [-0.4, -0.2) is 65.5 Å². The Morgan fingerprint density at radius 1 is 1.03 bits per heavy atom. The zero-order chi connectivity index (χ0) is 26.9. The lowest BCUT2D eigenvalue weighted by molar-refractivity contribution is -0.140. The van der Waals surface area contributed by atoms with Gasteiger partial charge in [-0.25, -0.2) is 0 Å². The smallest absolute Gasteiger partial charge is 0.295 e. The number of rotatable bonds is 13. The summed E-state index contributed by atoms with van der Waals surface area (Å²) in [6, 6.07) is 13.7. The van der Waals surface area contributed by atoms with E-state index >= 15 is 0 Å². The molecule has 7 nitrogen and oxygen atoms in total. The van der Waals surface area contributed by atoms with E-state index in [1.807, 2.05) is 45.0 Å². The molecule has 1 saturated heterocycles. The number of hydrogen-bond donors (Lipinski definition) is 1. The molecule has 2 aromatic carbocycles. The van der Waals surface area contributed by atoms with Crippen molar-refractivity contribution in [1.82, 2.24) is 9.80 Å². The highest BCUT2D eigenvalue weighted by Gasteiger charge is 2.45. The van der Waals surface area contributed by atoms with Crippen LogP contribution in [0.15, 0.2) is 54.1 Å². The fourth-order valence-corrected chi connectivity index (χ4v) is 4.58. The molecule has 1 aliphatic heterocycles. The van der Waals surface area contributed by atoms with Crippen molar-refractivity contribution >= 4 is 17.4 Å². The Morgan fingerprint density at radius 3 is 2.35 bits per heavy atom. The molecular formula is C30H40N2O5. The molecule has 0 radical (unpaired) electrons. The molecule has 200 valence electrons. The minimum atomic E-state index is -0.700. The summed E-state index contributed by atoms with van der Waals surface area (Å²) in [5.74, 6) is -0.118. The van der Waals surface area contributed by atoms with E-state index in [4.69, 9.17) is 9.47 Å². The summed E-state index contributed by atoms with van der Waals surface area (Å²) in [5.41, 5.74) is 1.29. The van der Waals surface area contributed by atoms with Crippen molar-refractivity contribution in [2.24, 2.45) is 0 Å². The van der Waals surface area contributed by atoms with Crippen molar-refractivity contribution in [3.63, 3.8) is 0 Å². The molecule has 0 aliphatic carbocycles. The van der Waals surface area contributed by atoms with Crippen molar-refractivity contribution in [3.8, 4) is 11.5 Å². The third kappa shape index (κ3) is 6.92. The van der Waals surface area contributed by atoms with Gasteiger partial charge in [0.2, 0.25) is 0 Å². The first-order chi connectivity index (χ1) is 17.8. The predicted octanol–water partition coefficient (Wildman–Crippen LogP) is 5.42. The van der Waals surface area contributed by atoms with Gasteiger partial charge < -0.3 is 24.4 Å². The average molecular weight is 509 g/mol. The number of amides is 1. The van der Waals surface area contributed by atoms with Crippen molar-refractivity contribution < 1.29 is 24.2 Å². The van der Waals surface area contributed by atoms with Gasteiger partial charge in [-0.3, -0.25) is 9.59 Å². The second-order valence-electron chi connectivity index (χ2n) is 9.48. The van der Waals surface area contributed by atoms with Crippen LogP contribution in [0.4, 0.5) is 0 Å². The molecule has 2 aromatic rings. The Labute approximate surface area is 220 Å². The van der Waals surface area contributed by atoms with E-state index in [9.17, 15) is 14.7 Å². The van der Waals surface area contributed by atoms with Gasteiger partial charge in [0.1, 0.15) is 17.3 Å². The largest absolute Gasteiger partial charge is 0.507 e. The summed E-state index contributed by atoms with van der Waals surface area (Å²) in [6.45, 7) is 13.8. The Morgan fingerprint density at radius 2 is 1.73 bits per heavy atom. The van der Waals surface area contributed by atoms with Crippen LogP contribution >= 0.6 is 0 Å². The van der Waals surface area contributed by atoms with E-state index in [1.165, 1.54) is 0 Å². The van der Waals surface area contributed by atoms with Crippen LogP contribution in [0.1, 0.15) is 64.6 Å². The number of benzene rings is 2. The van der Waals surface area contributed by atoms with Crippen LogP contribution in [0, 0.1) is 0 Å². The molecule has 0 spiro atoms. The minimum absolute atomic E-state index is 0.0170. The molecule has 0 unspecified atom stereocenters. The molecule has 7 heteroatoms. The Kier molecular flexibility index (Phi) is 10.1. The SMILES string of the molecule is CCCOc1cccc([C@H]2/C(=C(\O)c3ccc(OC(C)C)cc3)C(=O)C(=O)N2CCCN(CC)CC)c1. The molecule has 0 saturated carbocycles. The molecule has 3 rings (SSSR count). The molecule has 1 atom stereocenters. The van der Waals surface area contributed by atoms with E-state index in [-0.39, 0.29) is 17.4 Å². The minimum Gasteiger partial charge on any atom is -0.507 e. The number of aliphatic hydroxyl groups is 1. The first-order valence-electron chi connectivity index (χ1n) is 13.3. The molecule has 1 heterocycles. The number of ketones is 1. The topological polar surface area (TPSA) is 79.3 Å². The summed E-state index contributed by atoms with van der Waals surface area (Å²) in [5, 5.41) is 11.3. The Bertz CT molecular complexity index is 1090. The molecule has 1 N–H and O–H groups in total. The number of aliphatic hydroxyl groups excluding tert-OH is 1. The maximum absolute atomic E-state index is 13.3. The quantitative estimate of drug-likeness (QED) is 0.221. The molecule has 0 aromatic heterocycles. The maximum atomic E-state index is 13.3. The van der Waals surface area contributed by atoms with E-state index in [0.29, 0.717) is 30.2 Å². The highest BCUT2D eigenvalue weighted by molar-refractivity contribution is 6.46. The van der Waals surface area contributed by atoms with Gasteiger partial charge >= 0.3 is 0 Å². The first kappa shape index (κ1) is 28.3. The van der Waals surface area contributed by atoms with Gasteiger partial charge in [-0.15, -0.1) is 0 Å². The average Bonchev–Trinajstić information content (AvgIpc) is 3.15. The van der Waals surface area contributed by atoms with Crippen molar-refractivity contribution in [3.05, 3.63) is 65.2 Å². The predicted molar refractivity (Wildman–Crippen MR) is 146 cm³/mol. The fraction of sp³-hybridized carbons (Fsp3) is 0.467. The van der Waals surface area contributed by atoms with E-state index in [1.54, 1.807) is 29.2 Å². The van der Waals surface area contributed by atoms with Crippen LogP contribution in [0.3, 0.4) is 0 Å². The number of ether oxygens (including phenoxy) is 2. The molecule has 0 bridgehead atoms. The lowest BCUT2D eigenvalue weighted by Crippen LogP contribution is -2.33. The molecular weight excluding hydrogens is 468 g/mol. The summed E-state index contributed by atoms with van der Waals surface area (Å²) in [4.78, 5) is 30.4. The lowest BCUT2D eigenvalue weighted by atomic mass is 9.95. The number of hydrogen-bond acceptors (Lipinski definition) is 6. The van der Waals surface area contributed by atoms with E-state index in [2.05, 4.69) is 18.7 Å². The summed E-state index contributed by atoms with van der Waals surface area (Å²) in [7, 11) is 0. The fourth-order valence-electron chi connectivity index (χ4n) is 4.58. The van der Waals surface area contributed by atoms with Gasteiger partial charge in [-0.05, 0) is 88.3 Å². The number of carbonyl (C=O) groups is 2. The molecule has 1 aliphatic rings. The van der Waals surface area contributed by atoms with Gasteiger partial charge in [0, 0.05) is 12.1 Å². The molecule has 37 heavy (non-hydrogen) atoms. The third-order valence-corrected chi connectivity index (χ3v) is 6.45. The molecule has 1 fully saturated rings. The van der Waals surface area contributed by atoms with Crippen molar-refractivity contribution in [2.75, 3.05) is 32.8 Å². The second-order valence-corrected chi connectivity index (χ2v) is 9.48. The zero-order valence-electron chi connectivity index (χ0n) is 22.7. The van der Waals surface area contributed by atoms with Gasteiger partial charge in [-0.2, -0.15) is 0 Å². The highest BCUT2D eigenvalue weighted by atomic mass is 16.5. The number of carbonyl (C=O) groups excluding carboxylic acids is 2. The third-order valence-electron chi connectivity index (χ3n) is 6.45. The Balaban J connectivity index is 2.02. The van der Waals surface area contributed by atoms with Crippen LogP contribution in [0.25, 0.3) is 5.76 Å². The van der Waals surface area contributed by atoms with Gasteiger partial charge in [0.05, 0.1) is 24.3 Å². The van der Waals surface area contributed by atoms with Crippen molar-refractivity contribution in [1.29, 1.82) is 0 Å².